The monoisotopic (exact) mass is 351 g/mol. The first-order valence-electron chi connectivity index (χ1n) is 8.33. The summed E-state index contributed by atoms with van der Waals surface area (Å²) < 4.78 is 18.9. The van der Waals surface area contributed by atoms with Crippen molar-refractivity contribution < 1.29 is 13.9 Å². The third-order valence-corrected chi connectivity index (χ3v) is 3.67. The average molecular weight is 351 g/mol. The molecule has 8 heteroatoms. The highest BCUT2D eigenvalue weighted by Crippen LogP contribution is 2.12. The summed E-state index contributed by atoms with van der Waals surface area (Å²) in [5.41, 5.74) is -0.182. The van der Waals surface area contributed by atoms with Gasteiger partial charge in [0.05, 0.1) is 18.3 Å². The topological polar surface area (TPSA) is 78.9 Å². The van der Waals surface area contributed by atoms with Crippen molar-refractivity contribution in [3.63, 3.8) is 0 Å². The van der Waals surface area contributed by atoms with E-state index in [0.29, 0.717) is 18.2 Å². The summed E-state index contributed by atoms with van der Waals surface area (Å²) >= 11 is 0. The van der Waals surface area contributed by atoms with E-state index in [1.807, 2.05) is 25.7 Å². The zero-order valence-corrected chi connectivity index (χ0v) is 15.2. The number of aromatic nitrogens is 1. The maximum absolute atomic E-state index is 13.6. The number of pyridine rings is 1. The van der Waals surface area contributed by atoms with E-state index >= 15 is 0 Å². The second kappa shape index (κ2) is 8.13. The Morgan fingerprint density at radius 3 is 2.92 bits per heavy atom. The minimum atomic E-state index is -0.521. The van der Waals surface area contributed by atoms with E-state index in [0.717, 1.165) is 13.0 Å². The highest BCUT2D eigenvalue weighted by Gasteiger charge is 2.27. The molecule has 1 aliphatic heterocycles. The van der Waals surface area contributed by atoms with Crippen LogP contribution >= 0.6 is 0 Å². The zero-order valence-electron chi connectivity index (χ0n) is 15.2. The van der Waals surface area contributed by atoms with Crippen molar-refractivity contribution in [1.29, 1.82) is 0 Å². The van der Waals surface area contributed by atoms with Crippen LogP contribution < -0.4 is 10.6 Å². The quantitative estimate of drug-likeness (QED) is 0.642. The number of halogens is 1. The minimum absolute atomic E-state index is 0.0139. The SMILES string of the molecule is CN=C(NCc1ncccc1F)N1CC[C@@H](NC(=O)OC(C)(C)C)C1. The van der Waals surface area contributed by atoms with E-state index in [-0.39, 0.29) is 18.4 Å². The van der Waals surface area contributed by atoms with E-state index in [2.05, 4.69) is 20.6 Å². The van der Waals surface area contributed by atoms with E-state index in [4.69, 9.17) is 4.74 Å². The van der Waals surface area contributed by atoms with Gasteiger partial charge in [-0.3, -0.25) is 9.98 Å². The van der Waals surface area contributed by atoms with Gasteiger partial charge < -0.3 is 20.3 Å². The Kier molecular flexibility index (Phi) is 6.17. The third kappa shape index (κ3) is 5.88. The van der Waals surface area contributed by atoms with Gasteiger partial charge in [-0.2, -0.15) is 0 Å². The van der Waals surface area contributed by atoms with Crippen molar-refractivity contribution in [2.24, 2.45) is 4.99 Å². The Bertz CT molecular complexity index is 630. The lowest BCUT2D eigenvalue weighted by Crippen LogP contribution is -2.44. The van der Waals surface area contributed by atoms with E-state index in [1.54, 1.807) is 19.3 Å². The van der Waals surface area contributed by atoms with Gasteiger partial charge in [-0.05, 0) is 39.3 Å². The molecule has 7 nitrogen and oxygen atoms in total. The van der Waals surface area contributed by atoms with Crippen LogP contribution in [-0.2, 0) is 11.3 Å². The van der Waals surface area contributed by atoms with Gasteiger partial charge in [0.2, 0.25) is 0 Å². The molecule has 1 amide bonds. The Morgan fingerprint density at radius 2 is 2.28 bits per heavy atom. The van der Waals surface area contributed by atoms with Crippen LogP contribution in [0.25, 0.3) is 0 Å². The van der Waals surface area contributed by atoms with Gasteiger partial charge in [0.15, 0.2) is 5.96 Å². The molecule has 1 saturated heterocycles. The highest BCUT2D eigenvalue weighted by atomic mass is 19.1. The van der Waals surface area contributed by atoms with Gasteiger partial charge >= 0.3 is 6.09 Å². The van der Waals surface area contributed by atoms with Crippen LogP contribution in [0, 0.1) is 5.82 Å². The number of guanidine groups is 1. The molecule has 25 heavy (non-hydrogen) atoms. The largest absolute Gasteiger partial charge is 0.444 e. The number of carbonyl (C=O) groups is 1. The lowest BCUT2D eigenvalue weighted by atomic mass is 10.2. The number of rotatable bonds is 3. The molecular formula is C17H26FN5O2. The molecule has 2 N–H and O–H groups in total. The summed E-state index contributed by atoms with van der Waals surface area (Å²) in [5, 5.41) is 5.98. The van der Waals surface area contributed by atoms with Crippen molar-refractivity contribution in [1.82, 2.24) is 20.5 Å². The molecule has 138 valence electrons. The first kappa shape index (κ1) is 19.0. The molecule has 2 heterocycles. The summed E-state index contributed by atoms with van der Waals surface area (Å²) in [6.07, 6.45) is 1.93. The molecule has 0 aliphatic carbocycles. The van der Waals surface area contributed by atoms with Crippen molar-refractivity contribution in [2.75, 3.05) is 20.1 Å². The molecule has 1 aromatic rings. The number of hydrogen-bond donors (Lipinski definition) is 2. The van der Waals surface area contributed by atoms with E-state index in [1.165, 1.54) is 6.07 Å². The van der Waals surface area contributed by atoms with Gasteiger partial charge in [0.1, 0.15) is 11.4 Å². The fourth-order valence-electron chi connectivity index (χ4n) is 2.59. The molecule has 0 aromatic carbocycles. The third-order valence-electron chi connectivity index (χ3n) is 3.67. The molecule has 1 aromatic heterocycles. The van der Waals surface area contributed by atoms with Crippen LogP contribution in [-0.4, -0.2) is 53.7 Å². The number of aliphatic imine (C=N–C) groups is 1. The molecule has 0 unspecified atom stereocenters. The number of amides is 1. The normalized spacial score (nSPS) is 18.2. The number of nitrogens with one attached hydrogen (secondary N) is 2. The molecule has 0 saturated carbocycles. The number of alkyl carbamates (subject to hydrolysis) is 1. The van der Waals surface area contributed by atoms with Crippen molar-refractivity contribution in [2.45, 2.75) is 45.4 Å². The molecule has 2 rings (SSSR count). The second-order valence-electron chi connectivity index (χ2n) is 6.91. The number of nitrogens with zero attached hydrogens (tertiary/aromatic N) is 3. The standard InChI is InChI=1S/C17H26FN5O2/c1-17(2,3)25-16(24)22-12-7-9-23(11-12)15(19-4)21-10-14-13(18)6-5-8-20-14/h5-6,8,12H,7,9-11H2,1-4H3,(H,19,21)(H,22,24)/t12-/m1/s1. The van der Waals surface area contributed by atoms with Crippen LogP contribution in [0.3, 0.4) is 0 Å². The first-order valence-corrected chi connectivity index (χ1v) is 8.33. The number of ether oxygens (including phenoxy) is 1. The maximum Gasteiger partial charge on any atom is 0.407 e. The van der Waals surface area contributed by atoms with Crippen molar-refractivity contribution in [3.05, 3.63) is 29.8 Å². The lowest BCUT2D eigenvalue weighted by molar-refractivity contribution is 0.0507. The number of carbonyl (C=O) groups excluding carboxylic acids is 1. The molecule has 1 aliphatic rings. The van der Waals surface area contributed by atoms with Gasteiger partial charge in [-0.15, -0.1) is 0 Å². The Hall–Kier alpha value is -2.38. The molecule has 0 spiro atoms. The fraction of sp³-hybridized carbons (Fsp3) is 0.588. The Morgan fingerprint density at radius 1 is 1.52 bits per heavy atom. The van der Waals surface area contributed by atoms with Gasteiger partial charge in [-0.1, -0.05) is 0 Å². The van der Waals surface area contributed by atoms with Crippen molar-refractivity contribution in [3.8, 4) is 0 Å². The molecular weight excluding hydrogens is 325 g/mol. The summed E-state index contributed by atoms with van der Waals surface area (Å²) in [4.78, 5) is 22.1. The van der Waals surface area contributed by atoms with Crippen LogP contribution in [0.5, 0.6) is 0 Å². The molecule has 0 radical (unpaired) electrons. The van der Waals surface area contributed by atoms with Gasteiger partial charge in [-0.25, -0.2) is 9.18 Å². The second-order valence-corrected chi connectivity index (χ2v) is 6.91. The Labute approximate surface area is 147 Å². The lowest BCUT2D eigenvalue weighted by Gasteiger charge is -2.23. The summed E-state index contributed by atoms with van der Waals surface area (Å²) in [7, 11) is 1.67. The van der Waals surface area contributed by atoms with Crippen LogP contribution in [0.1, 0.15) is 32.9 Å². The van der Waals surface area contributed by atoms with Crippen LogP contribution in [0.2, 0.25) is 0 Å². The molecule has 1 fully saturated rings. The Balaban J connectivity index is 1.85. The fourth-order valence-corrected chi connectivity index (χ4v) is 2.59. The van der Waals surface area contributed by atoms with Gasteiger partial charge in [0, 0.05) is 26.3 Å². The van der Waals surface area contributed by atoms with Gasteiger partial charge in [0.25, 0.3) is 0 Å². The van der Waals surface area contributed by atoms with Crippen LogP contribution in [0.4, 0.5) is 9.18 Å². The van der Waals surface area contributed by atoms with Crippen LogP contribution in [0.15, 0.2) is 23.3 Å². The molecule has 1 atom stereocenters. The van der Waals surface area contributed by atoms with E-state index < -0.39 is 11.7 Å². The minimum Gasteiger partial charge on any atom is -0.444 e. The first-order chi connectivity index (χ1) is 11.8. The van der Waals surface area contributed by atoms with Crippen molar-refractivity contribution >= 4 is 12.1 Å². The summed E-state index contributed by atoms with van der Waals surface area (Å²) in [6.45, 7) is 7.09. The summed E-state index contributed by atoms with van der Waals surface area (Å²) in [6, 6.07) is 2.92. The maximum atomic E-state index is 13.6. The number of likely N-dealkylation sites (tertiary alicyclic amines) is 1. The smallest absolute Gasteiger partial charge is 0.407 e. The zero-order chi connectivity index (χ0) is 18.4. The molecule has 0 bridgehead atoms. The predicted molar refractivity (Wildman–Crippen MR) is 93.7 cm³/mol. The number of hydrogen-bond acceptors (Lipinski definition) is 4. The van der Waals surface area contributed by atoms with E-state index in [9.17, 15) is 9.18 Å². The highest BCUT2D eigenvalue weighted by molar-refractivity contribution is 5.80. The predicted octanol–water partition coefficient (Wildman–Crippen LogP) is 1.90. The average Bonchev–Trinajstić information content (AvgIpc) is 2.96. The summed E-state index contributed by atoms with van der Waals surface area (Å²) in [5.74, 6) is 0.301.